The Bertz CT molecular complexity index is 380. The molecule has 1 aliphatic carbocycles. The summed E-state index contributed by atoms with van der Waals surface area (Å²) in [6.45, 7) is 5.42. The minimum absolute atomic E-state index is 0.406. The van der Waals surface area contributed by atoms with Crippen LogP contribution in [0.15, 0.2) is 4.52 Å². The quantitative estimate of drug-likeness (QED) is 0.815. The lowest BCUT2D eigenvalue weighted by atomic mass is 9.77. The van der Waals surface area contributed by atoms with Gasteiger partial charge in [-0.2, -0.15) is 4.98 Å². The van der Waals surface area contributed by atoms with Gasteiger partial charge in [0.25, 0.3) is 0 Å². The molecular weight excluding hydrogens is 230 g/mol. The second-order valence-electron chi connectivity index (χ2n) is 5.43. The first-order chi connectivity index (χ1) is 8.64. The topological polar surface area (TPSA) is 74.2 Å². The summed E-state index contributed by atoms with van der Waals surface area (Å²) in [5.41, 5.74) is 5.97. The van der Waals surface area contributed by atoms with Crippen molar-refractivity contribution in [2.75, 3.05) is 6.61 Å². The van der Waals surface area contributed by atoms with E-state index in [0.29, 0.717) is 30.8 Å². The zero-order chi connectivity index (χ0) is 13.0. The van der Waals surface area contributed by atoms with Gasteiger partial charge < -0.3 is 15.0 Å². The minimum Gasteiger partial charge on any atom is -0.373 e. The second-order valence-corrected chi connectivity index (χ2v) is 5.43. The summed E-state index contributed by atoms with van der Waals surface area (Å²) >= 11 is 0. The van der Waals surface area contributed by atoms with Crippen LogP contribution in [0.5, 0.6) is 0 Å². The molecule has 1 fully saturated rings. The molecular formula is C13H23N3O2. The molecule has 1 heterocycles. The number of nitrogens with two attached hydrogens (primary N) is 1. The van der Waals surface area contributed by atoms with Crippen molar-refractivity contribution < 1.29 is 9.26 Å². The van der Waals surface area contributed by atoms with E-state index in [0.717, 1.165) is 25.7 Å². The van der Waals surface area contributed by atoms with Gasteiger partial charge in [0.15, 0.2) is 5.82 Å². The van der Waals surface area contributed by atoms with Crippen molar-refractivity contribution in [3.63, 3.8) is 0 Å². The van der Waals surface area contributed by atoms with Gasteiger partial charge in [0, 0.05) is 6.61 Å². The third-order valence-corrected chi connectivity index (χ3v) is 3.51. The van der Waals surface area contributed by atoms with Gasteiger partial charge in [0.05, 0.1) is 5.54 Å². The maximum atomic E-state index is 6.40. The Balaban J connectivity index is 1.99. The molecule has 0 spiro atoms. The molecule has 1 aromatic rings. The van der Waals surface area contributed by atoms with Crippen molar-refractivity contribution in [1.29, 1.82) is 0 Å². The Morgan fingerprint density at radius 3 is 3.11 bits per heavy atom. The molecule has 0 amide bonds. The van der Waals surface area contributed by atoms with E-state index in [1.54, 1.807) is 0 Å². The third kappa shape index (κ3) is 3.09. The normalized spacial score (nSPS) is 28.5. The highest BCUT2D eigenvalue weighted by Crippen LogP contribution is 2.36. The summed E-state index contributed by atoms with van der Waals surface area (Å²) in [6.07, 6.45) is 5.20. The summed E-state index contributed by atoms with van der Waals surface area (Å²) in [4.78, 5) is 4.38. The van der Waals surface area contributed by atoms with E-state index in [4.69, 9.17) is 15.0 Å². The average Bonchev–Trinajstić information content (AvgIpc) is 2.78. The van der Waals surface area contributed by atoms with Gasteiger partial charge in [0.1, 0.15) is 6.61 Å². The molecule has 1 aliphatic rings. The van der Waals surface area contributed by atoms with Crippen LogP contribution >= 0.6 is 0 Å². The lowest BCUT2D eigenvalue weighted by Gasteiger charge is -2.33. The molecule has 0 aliphatic heterocycles. The van der Waals surface area contributed by atoms with Gasteiger partial charge in [-0.25, -0.2) is 0 Å². The molecule has 18 heavy (non-hydrogen) atoms. The molecule has 2 N–H and O–H groups in total. The van der Waals surface area contributed by atoms with Crippen molar-refractivity contribution in [3.05, 3.63) is 11.7 Å². The Kier molecular flexibility index (Phi) is 4.35. The third-order valence-electron chi connectivity index (χ3n) is 3.51. The highest BCUT2D eigenvalue weighted by Gasteiger charge is 2.37. The summed E-state index contributed by atoms with van der Waals surface area (Å²) in [7, 11) is 0. The summed E-state index contributed by atoms with van der Waals surface area (Å²) < 4.78 is 10.7. The molecule has 0 bridgehead atoms. The van der Waals surface area contributed by atoms with Crippen LogP contribution in [0.2, 0.25) is 0 Å². The molecule has 1 saturated carbocycles. The number of ether oxygens (including phenoxy) is 1. The van der Waals surface area contributed by atoms with E-state index in [2.05, 4.69) is 24.0 Å². The lowest BCUT2D eigenvalue weighted by molar-refractivity contribution is 0.114. The van der Waals surface area contributed by atoms with Crippen LogP contribution in [0.3, 0.4) is 0 Å². The molecule has 2 atom stereocenters. The van der Waals surface area contributed by atoms with Crippen LogP contribution in [0.25, 0.3) is 0 Å². The number of aromatic nitrogens is 2. The number of nitrogens with zero attached hydrogens (tertiary/aromatic N) is 2. The fourth-order valence-electron chi connectivity index (χ4n) is 2.61. The predicted octanol–water partition coefficient (Wildman–Crippen LogP) is 2.36. The Morgan fingerprint density at radius 2 is 2.39 bits per heavy atom. The molecule has 0 saturated heterocycles. The molecule has 0 aromatic carbocycles. The Hall–Kier alpha value is -0.940. The van der Waals surface area contributed by atoms with E-state index in [1.807, 2.05) is 0 Å². The molecule has 0 radical (unpaired) electrons. The van der Waals surface area contributed by atoms with Gasteiger partial charge >= 0.3 is 0 Å². The van der Waals surface area contributed by atoms with E-state index < -0.39 is 5.54 Å². The summed E-state index contributed by atoms with van der Waals surface area (Å²) in [5, 5.41) is 3.94. The zero-order valence-corrected chi connectivity index (χ0v) is 11.3. The number of rotatable bonds is 5. The number of hydrogen-bond donors (Lipinski definition) is 1. The van der Waals surface area contributed by atoms with Crippen LogP contribution in [-0.2, 0) is 16.9 Å². The van der Waals surface area contributed by atoms with E-state index in [1.165, 1.54) is 6.42 Å². The molecule has 2 unspecified atom stereocenters. The van der Waals surface area contributed by atoms with E-state index in [9.17, 15) is 0 Å². The number of hydrogen-bond acceptors (Lipinski definition) is 5. The predicted molar refractivity (Wildman–Crippen MR) is 67.7 cm³/mol. The van der Waals surface area contributed by atoms with Crippen LogP contribution in [0, 0.1) is 5.92 Å². The van der Waals surface area contributed by atoms with Crippen LogP contribution in [0.4, 0.5) is 0 Å². The van der Waals surface area contributed by atoms with Gasteiger partial charge in [-0.05, 0) is 25.2 Å². The standard InChI is InChI=1S/C13H23N3O2/c1-3-7-17-9-11-15-12(18-16-11)13(14)6-4-5-10(2)8-13/h10H,3-9,14H2,1-2H3. The minimum atomic E-state index is -0.437. The van der Waals surface area contributed by atoms with Crippen LogP contribution < -0.4 is 5.73 Å². The van der Waals surface area contributed by atoms with Crippen molar-refractivity contribution in [3.8, 4) is 0 Å². The fourth-order valence-corrected chi connectivity index (χ4v) is 2.61. The first-order valence-electron chi connectivity index (χ1n) is 6.84. The highest BCUT2D eigenvalue weighted by molar-refractivity contribution is 5.04. The molecule has 5 nitrogen and oxygen atoms in total. The second kappa shape index (κ2) is 5.80. The average molecular weight is 253 g/mol. The molecule has 102 valence electrons. The molecule has 1 aromatic heterocycles. The SMILES string of the molecule is CCCOCc1noc(C2(N)CCCC(C)C2)n1. The van der Waals surface area contributed by atoms with Gasteiger partial charge in [0.2, 0.25) is 5.89 Å². The maximum absolute atomic E-state index is 6.40. The first-order valence-corrected chi connectivity index (χ1v) is 6.84. The van der Waals surface area contributed by atoms with Crippen LogP contribution in [0.1, 0.15) is 57.7 Å². The summed E-state index contributed by atoms with van der Waals surface area (Å²) in [5.74, 6) is 1.79. The van der Waals surface area contributed by atoms with Crippen LogP contribution in [-0.4, -0.2) is 16.7 Å². The lowest BCUT2D eigenvalue weighted by Crippen LogP contribution is -2.41. The monoisotopic (exact) mass is 253 g/mol. The Labute approximate surface area is 108 Å². The van der Waals surface area contributed by atoms with E-state index in [-0.39, 0.29) is 0 Å². The fraction of sp³-hybridized carbons (Fsp3) is 0.846. The van der Waals surface area contributed by atoms with Gasteiger partial charge in [-0.15, -0.1) is 0 Å². The van der Waals surface area contributed by atoms with Gasteiger partial charge in [-0.3, -0.25) is 0 Å². The molecule has 2 rings (SSSR count). The van der Waals surface area contributed by atoms with Crippen molar-refractivity contribution >= 4 is 0 Å². The van der Waals surface area contributed by atoms with E-state index >= 15 is 0 Å². The summed E-state index contributed by atoms with van der Waals surface area (Å²) in [6, 6.07) is 0. The van der Waals surface area contributed by atoms with Gasteiger partial charge in [-0.1, -0.05) is 31.8 Å². The zero-order valence-electron chi connectivity index (χ0n) is 11.3. The highest BCUT2D eigenvalue weighted by atomic mass is 16.5. The smallest absolute Gasteiger partial charge is 0.246 e. The largest absolute Gasteiger partial charge is 0.373 e. The maximum Gasteiger partial charge on any atom is 0.246 e. The van der Waals surface area contributed by atoms with Crippen molar-refractivity contribution in [1.82, 2.24) is 10.1 Å². The first kappa shape index (κ1) is 13.5. The van der Waals surface area contributed by atoms with Crippen molar-refractivity contribution in [2.24, 2.45) is 11.7 Å². The van der Waals surface area contributed by atoms with Crippen molar-refractivity contribution in [2.45, 2.75) is 58.1 Å². The Morgan fingerprint density at radius 1 is 1.56 bits per heavy atom. The molecule has 5 heteroatoms.